The topological polar surface area (TPSA) is 125 Å². The van der Waals surface area contributed by atoms with Gasteiger partial charge in [-0.25, -0.2) is 4.98 Å². The van der Waals surface area contributed by atoms with Crippen molar-refractivity contribution in [2.24, 2.45) is 5.16 Å². The number of nitrogens with zero attached hydrogens (tertiary/aromatic N) is 3. The smallest absolute Gasteiger partial charge is 0.203 e. The van der Waals surface area contributed by atoms with Gasteiger partial charge in [0, 0.05) is 11.2 Å². The summed E-state index contributed by atoms with van der Waals surface area (Å²) < 4.78 is 7.51. The Bertz CT molecular complexity index is 1050. The van der Waals surface area contributed by atoms with E-state index in [-0.39, 0.29) is 0 Å². The first-order chi connectivity index (χ1) is 14.0. The van der Waals surface area contributed by atoms with Crippen molar-refractivity contribution in [3.8, 4) is 0 Å². The maximum atomic E-state index is 10.7. The Morgan fingerprint density at radius 3 is 2.76 bits per heavy atom. The Hall–Kier alpha value is -2.43. The van der Waals surface area contributed by atoms with Crippen LogP contribution >= 0.6 is 11.6 Å². The Labute approximate surface area is 170 Å². The number of halogens is 1. The van der Waals surface area contributed by atoms with Crippen molar-refractivity contribution >= 4 is 22.6 Å². The number of nitrogens with one attached hydrogen (secondary N) is 1. The van der Waals surface area contributed by atoms with Crippen molar-refractivity contribution in [1.29, 1.82) is 0 Å². The molecule has 0 radical (unpaired) electrons. The minimum Gasteiger partial charge on any atom is -0.394 e. The van der Waals surface area contributed by atoms with E-state index < -0.39 is 30.6 Å². The Morgan fingerprint density at radius 1 is 1.28 bits per heavy atom. The highest BCUT2D eigenvalue weighted by molar-refractivity contribution is 6.30. The molecule has 4 rings (SSSR count). The predicted octanol–water partition coefficient (Wildman–Crippen LogP) is 1.22. The number of rotatable bonds is 5. The van der Waals surface area contributed by atoms with Crippen LogP contribution in [0.15, 0.2) is 48.0 Å². The van der Waals surface area contributed by atoms with E-state index >= 15 is 0 Å². The van der Waals surface area contributed by atoms with Crippen molar-refractivity contribution in [2.75, 3.05) is 6.61 Å². The van der Waals surface area contributed by atoms with Crippen LogP contribution in [0.4, 0.5) is 0 Å². The second-order valence-corrected chi connectivity index (χ2v) is 7.13. The molecule has 29 heavy (non-hydrogen) atoms. The van der Waals surface area contributed by atoms with Gasteiger partial charge >= 0.3 is 0 Å². The number of fused-ring (bicyclic) bond motifs is 1. The van der Waals surface area contributed by atoms with Crippen LogP contribution in [-0.2, 0) is 9.57 Å². The van der Waals surface area contributed by atoms with Crippen molar-refractivity contribution in [1.82, 2.24) is 14.5 Å². The van der Waals surface area contributed by atoms with E-state index in [1.54, 1.807) is 41.1 Å². The number of hydrogen-bond acceptors (Lipinski definition) is 7. The summed E-state index contributed by atoms with van der Waals surface area (Å²) in [6, 6.07) is 8.33. The predicted molar refractivity (Wildman–Crippen MR) is 104 cm³/mol. The standard InChI is InChI=1S/C19H21ClN4O5/c1-2-28-23-17-12-7-8-24(18(12)22-9-21-17)19-15(27)14(26)16(29-19)13(25)10-3-5-11(20)6-4-10/h3-9,13-16,19,25-27H,2H2,1H3,(H,21,22,23)/t13?,14-,15+,16+,19+/m0/s1. The highest BCUT2D eigenvalue weighted by Crippen LogP contribution is 2.37. The van der Waals surface area contributed by atoms with Gasteiger partial charge in [-0.3, -0.25) is 0 Å². The number of H-pyrrole nitrogens is 1. The van der Waals surface area contributed by atoms with E-state index in [0.29, 0.717) is 33.7 Å². The molecule has 3 aromatic rings. The Morgan fingerprint density at radius 2 is 2.03 bits per heavy atom. The first kappa shape index (κ1) is 19.9. The van der Waals surface area contributed by atoms with Gasteiger partial charge in [0.05, 0.1) is 11.7 Å². The average Bonchev–Trinajstić information content (AvgIpc) is 3.28. The van der Waals surface area contributed by atoms with E-state index in [2.05, 4.69) is 15.1 Å². The SMILES string of the molecule is CCO/N=c1\nc[nH]c2c1ccn2[C@@H]1O[C@H](C(O)c2ccc(Cl)cc2)[C@@H](O)[C@H]1O. The molecule has 4 N–H and O–H groups in total. The number of hydrogen-bond donors (Lipinski definition) is 4. The average molecular weight is 421 g/mol. The largest absolute Gasteiger partial charge is 0.394 e. The van der Waals surface area contributed by atoms with Crippen LogP contribution in [0.5, 0.6) is 0 Å². The number of ether oxygens (including phenoxy) is 1. The van der Waals surface area contributed by atoms with Gasteiger partial charge in [0.2, 0.25) is 5.49 Å². The molecule has 1 aliphatic rings. The van der Waals surface area contributed by atoms with Gasteiger partial charge in [0.15, 0.2) is 6.23 Å². The molecule has 0 bridgehead atoms. The summed E-state index contributed by atoms with van der Waals surface area (Å²) in [4.78, 5) is 12.2. The maximum absolute atomic E-state index is 10.7. The van der Waals surface area contributed by atoms with Crippen molar-refractivity contribution in [3.63, 3.8) is 0 Å². The fraction of sp³-hybridized carbons (Fsp3) is 0.368. The van der Waals surface area contributed by atoms with Crippen molar-refractivity contribution in [3.05, 3.63) is 58.9 Å². The molecule has 10 heteroatoms. The van der Waals surface area contributed by atoms with Crippen molar-refractivity contribution < 1.29 is 24.9 Å². The van der Waals surface area contributed by atoms with Gasteiger partial charge in [-0.05, 0) is 30.7 Å². The van der Waals surface area contributed by atoms with Gasteiger partial charge in [-0.15, -0.1) is 0 Å². The van der Waals surface area contributed by atoms with E-state index in [0.717, 1.165) is 0 Å². The van der Waals surface area contributed by atoms with Gasteiger partial charge in [0.1, 0.15) is 36.7 Å². The van der Waals surface area contributed by atoms with E-state index in [4.69, 9.17) is 21.2 Å². The molecule has 0 aliphatic carbocycles. The molecule has 1 saturated heterocycles. The number of aromatic nitrogens is 3. The van der Waals surface area contributed by atoms with Gasteiger partial charge in [-0.1, -0.05) is 28.9 Å². The normalized spacial score (nSPS) is 26.2. The van der Waals surface area contributed by atoms with E-state index in [9.17, 15) is 15.3 Å². The first-order valence-corrected chi connectivity index (χ1v) is 9.54. The third-order valence-electron chi connectivity index (χ3n) is 4.90. The lowest BCUT2D eigenvalue weighted by Gasteiger charge is -2.21. The van der Waals surface area contributed by atoms with Crippen LogP contribution in [-0.4, -0.2) is 54.8 Å². The zero-order valence-electron chi connectivity index (χ0n) is 15.5. The molecule has 1 unspecified atom stereocenters. The second-order valence-electron chi connectivity index (χ2n) is 6.69. The summed E-state index contributed by atoms with van der Waals surface area (Å²) in [5.41, 5.74) is 1.48. The third kappa shape index (κ3) is 3.63. The number of aliphatic hydroxyl groups excluding tert-OH is 3. The molecule has 5 atom stereocenters. The molecule has 2 aromatic heterocycles. The molecule has 1 aliphatic heterocycles. The number of aromatic amines is 1. The molecule has 9 nitrogen and oxygen atoms in total. The highest BCUT2D eigenvalue weighted by atomic mass is 35.5. The lowest BCUT2D eigenvalue weighted by atomic mass is 9.99. The van der Waals surface area contributed by atoms with Crippen LogP contribution in [0.3, 0.4) is 0 Å². The van der Waals surface area contributed by atoms with Crippen LogP contribution < -0.4 is 5.49 Å². The highest BCUT2D eigenvalue weighted by Gasteiger charge is 2.47. The van der Waals surface area contributed by atoms with Crippen LogP contribution in [0.2, 0.25) is 5.02 Å². The van der Waals surface area contributed by atoms with Gasteiger partial charge in [-0.2, -0.15) is 0 Å². The van der Waals surface area contributed by atoms with E-state index in [1.807, 2.05) is 6.92 Å². The second kappa shape index (κ2) is 8.13. The number of aliphatic hydroxyl groups is 3. The molecule has 3 heterocycles. The first-order valence-electron chi connectivity index (χ1n) is 9.16. The lowest BCUT2D eigenvalue weighted by molar-refractivity contribution is -0.0848. The summed E-state index contributed by atoms with van der Waals surface area (Å²) in [7, 11) is 0. The minimum atomic E-state index is -1.29. The monoisotopic (exact) mass is 420 g/mol. The molecular weight excluding hydrogens is 400 g/mol. The summed E-state index contributed by atoms with van der Waals surface area (Å²) in [6.07, 6.45) is -2.50. The summed E-state index contributed by atoms with van der Waals surface area (Å²) in [5.74, 6) is 0. The quantitative estimate of drug-likeness (QED) is 0.460. The molecule has 1 aromatic carbocycles. The fourth-order valence-corrected chi connectivity index (χ4v) is 3.57. The maximum Gasteiger partial charge on any atom is 0.203 e. The van der Waals surface area contributed by atoms with Crippen LogP contribution in [0.25, 0.3) is 11.0 Å². The summed E-state index contributed by atoms with van der Waals surface area (Å²) in [6.45, 7) is 2.22. The van der Waals surface area contributed by atoms with Crippen LogP contribution in [0.1, 0.15) is 24.8 Å². The zero-order chi connectivity index (χ0) is 20.5. The minimum absolute atomic E-state index is 0.380. The molecular formula is C19H21ClN4O5. The van der Waals surface area contributed by atoms with E-state index in [1.165, 1.54) is 6.33 Å². The Kier molecular flexibility index (Phi) is 5.57. The fourth-order valence-electron chi connectivity index (χ4n) is 3.44. The lowest BCUT2D eigenvalue weighted by Crippen LogP contribution is -2.34. The number of benzene rings is 1. The zero-order valence-corrected chi connectivity index (χ0v) is 16.3. The molecule has 0 saturated carbocycles. The summed E-state index contributed by atoms with van der Waals surface area (Å²) >= 11 is 5.89. The molecule has 154 valence electrons. The van der Waals surface area contributed by atoms with Gasteiger partial charge in [0.25, 0.3) is 0 Å². The van der Waals surface area contributed by atoms with Crippen molar-refractivity contribution in [2.45, 2.75) is 37.6 Å². The summed E-state index contributed by atoms with van der Waals surface area (Å²) in [5, 5.41) is 37.0. The Balaban J connectivity index is 1.65. The molecule has 1 fully saturated rings. The van der Waals surface area contributed by atoms with Crippen LogP contribution in [0, 0.1) is 0 Å². The van der Waals surface area contributed by atoms with Gasteiger partial charge < -0.3 is 34.4 Å². The molecule has 0 amide bonds. The molecule has 0 spiro atoms. The third-order valence-corrected chi connectivity index (χ3v) is 5.15.